The fourth-order valence-electron chi connectivity index (χ4n) is 3.19. The van der Waals surface area contributed by atoms with E-state index in [0.717, 1.165) is 11.1 Å². The first kappa shape index (κ1) is 21.8. The summed E-state index contributed by atoms with van der Waals surface area (Å²) in [6.07, 6.45) is 0. The number of ether oxygens (including phenoxy) is 6. The average molecular weight is 442 g/mol. The second-order valence-corrected chi connectivity index (χ2v) is 6.95. The monoisotopic (exact) mass is 442 g/mol. The molecule has 0 aromatic heterocycles. The van der Waals surface area contributed by atoms with Crippen LogP contribution in [0.1, 0.15) is 22.3 Å². The van der Waals surface area contributed by atoms with Crippen molar-refractivity contribution in [3.05, 3.63) is 70.8 Å². The predicted octanol–water partition coefficient (Wildman–Crippen LogP) is 4.25. The Balaban J connectivity index is 1.75. The molecule has 1 heterocycles. The van der Waals surface area contributed by atoms with Crippen molar-refractivity contribution in [2.24, 2.45) is 0 Å². The summed E-state index contributed by atoms with van der Waals surface area (Å²) in [5.74, 6) is 16.6. The maximum atomic E-state index is 5.53. The van der Waals surface area contributed by atoms with Crippen LogP contribution in [0.4, 0.5) is 0 Å². The van der Waals surface area contributed by atoms with Crippen LogP contribution in [0.5, 0.6) is 34.5 Å². The topological polar surface area (TPSA) is 55.4 Å². The Morgan fingerprint density at radius 2 is 0.879 bits per heavy atom. The maximum absolute atomic E-state index is 5.53. The summed E-state index contributed by atoms with van der Waals surface area (Å²) in [7, 11) is 6.41. The van der Waals surface area contributed by atoms with Gasteiger partial charge in [0.25, 0.3) is 0 Å². The zero-order valence-electron chi connectivity index (χ0n) is 18.8. The van der Waals surface area contributed by atoms with Gasteiger partial charge >= 0.3 is 0 Å². The van der Waals surface area contributed by atoms with Crippen molar-refractivity contribution in [1.82, 2.24) is 0 Å². The fourth-order valence-corrected chi connectivity index (χ4v) is 3.19. The number of fused-ring (bicyclic) bond motifs is 1. The van der Waals surface area contributed by atoms with Gasteiger partial charge in [-0.1, -0.05) is 23.7 Å². The summed E-state index contributed by atoms with van der Waals surface area (Å²) in [5.41, 5.74) is 2.92. The molecule has 0 unspecified atom stereocenters. The molecule has 0 spiro atoms. The van der Waals surface area contributed by atoms with Crippen molar-refractivity contribution in [3.63, 3.8) is 0 Å². The lowest BCUT2D eigenvalue weighted by molar-refractivity contribution is 0.174. The van der Waals surface area contributed by atoms with Crippen molar-refractivity contribution >= 4 is 0 Å². The van der Waals surface area contributed by atoms with Gasteiger partial charge in [0.2, 0.25) is 6.79 Å². The van der Waals surface area contributed by atoms with Gasteiger partial charge in [-0.25, -0.2) is 0 Å². The summed E-state index contributed by atoms with van der Waals surface area (Å²) in [5, 5.41) is 0. The first-order valence-corrected chi connectivity index (χ1v) is 10.1. The zero-order valence-corrected chi connectivity index (χ0v) is 18.8. The molecular weight excluding hydrogens is 420 g/mol. The standard InChI is InChI=1S/C27H22O6/c1-28-22-9-18(10-23(15-22)29-2)5-7-20-13-26-27(33-17-32-26)14-21(20)8-6-19-11-24(30-3)16-25(12-19)31-4/h9-16H,17H2,1-4H3. The number of methoxy groups -OCH3 is 4. The van der Waals surface area contributed by atoms with E-state index in [1.54, 1.807) is 40.6 Å². The molecule has 0 bridgehead atoms. The Kier molecular flexibility index (Phi) is 6.48. The lowest BCUT2D eigenvalue weighted by Gasteiger charge is -2.05. The smallest absolute Gasteiger partial charge is 0.231 e. The van der Waals surface area contributed by atoms with Crippen LogP contribution in [0.3, 0.4) is 0 Å². The highest BCUT2D eigenvalue weighted by molar-refractivity contribution is 5.62. The summed E-state index contributed by atoms with van der Waals surface area (Å²) in [6, 6.07) is 14.6. The van der Waals surface area contributed by atoms with Gasteiger partial charge in [0.05, 0.1) is 28.4 Å². The van der Waals surface area contributed by atoms with Crippen molar-refractivity contribution in [2.45, 2.75) is 0 Å². The van der Waals surface area contributed by atoms with Crippen LogP contribution >= 0.6 is 0 Å². The zero-order chi connectivity index (χ0) is 23.2. The van der Waals surface area contributed by atoms with E-state index in [0.29, 0.717) is 45.6 Å². The van der Waals surface area contributed by atoms with Crippen LogP contribution in [0.25, 0.3) is 0 Å². The lowest BCUT2D eigenvalue weighted by atomic mass is 10.1. The van der Waals surface area contributed by atoms with Gasteiger partial charge in [-0.3, -0.25) is 0 Å². The molecule has 166 valence electrons. The van der Waals surface area contributed by atoms with Crippen molar-refractivity contribution in [1.29, 1.82) is 0 Å². The fraction of sp³-hybridized carbons (Fsp3) is 0.185. The van der Waals surface area contributed by atoms with E-state index < -0.39 is 0 Å². The van der Waals surface area contributed by atoms with Gasteiger partial charge in [-0.2, -0.15) is 0 Å². The summed E-state index contributed by atoms with van der Waals surface area (Å²) >= 11 is 0. The van der Waals surface area contributed by atoms with E-state index in [1.807, 2.05) is 36.4 Å². The second kappa shape index (κ2) is 9.80. The quantitative estimate of drug-likeness (QED) is 0.563. The number of rotatable bonds is 4. The Bertz CT molecular complexity index is 1160. The molecule has 0 atom stereocenters. The Hall–Kier alpha value is -4.42. The largest absolute Gasteiger partial charge is 0.497 e. The third kappa shape index (κ3) is 5.08. The van der Waals surface area contributed by atoms with Crippen molar-refractivity contribution in [3.8, 4) is 58.2 Å². The molecule has 0 amide bonds. The van der Waals surface area contributed by atoms with Crippen molar-refractivity contribution < 1.29 is 28.4 Å². The van der Waals surface area contributed by atoms with Crippen LogP contribution in [-0.4, -0.2) is 35.2 Å². The van der Waals surface area contributed by atoms with Gasteiger partial charge < -0.3 is 28.4 Å². The first-order valence-electron chi connectivity index (χ1n) is 10.1. The minimum atomic E-state index is 0.166. The normalized spacial score (nSPS) is 10.9. The van der Waals surface area contributed by atoms with E-state index >= 15 is 0 Å². The summed E-state index contributed by atoms with van der Waals surface area (Å²) < 4.78 is 32.4. The van der Waals surface area contributed by atoms with Crippen LogP contribution < -0.4 is 28.4 Å². The minimum Gasteiger partial charge on any atom is -0.497 e. The number of hydrogen-bond acceptors (Lipinski definition) is 6. The molecule has 3 aromatic rings. The molecular formula is C27H22O6. The lowest BCUT2D eigenvalue weighted by Crippen LogP contribution is -1.92. The highest BCUT2D eigenvalue weighted by Gasteiger charge is 2.16. The van der Waals surface area contributed by atoms with E-state index in [1.165, 1.54) is 0 Å². The highest BCUT2D eigenvalue weighted by atomic mass is 16.7. The molecule has 3 aromatic carbocycles. The molecule has 33 heavy (non-hydrogen) atoms. The highest BCUT2D eigenvalue weighted by Crippen LogP contribution is 2.34. The third-order valence-electron chi connectivity index (χ3n) is 4.90. The van der Waals surface area contributed by atoms with Gasteiger partial charge in [0, 0.05) is 46.5 Å². The maximum Gasteiger partial charge on any atom is 0.231 e. The van der Waals surface area contributed by atoms with Crippen LogP contribution in [0, 0.1) is 23.7 Å². The van der Waals surface area contributed by atoms with E-state index in [4.69, 9.17) is 28.4 Å². The van der Waals surface area contributed by atoms with Crippen LogP contribution in [0.15, 0.2) is 48.5 Å². The van der Waals surface area contributed by atoms with Gasteiger partial charge in [0.1, 0.15) is 23.0 Å². The molecule has 4 rings (SSSR count). The molecule has 1 aliphatic rings. The first-order chi connectivity index (χ1) is 16.1. The number of benzene rings is 3. The Morgan fingerprint density at radius 3 is 1.21 bits per heavy atom. The van der Waals surface area contributed by atoms with Gasteiger partial charge in [0.15, 0.2) is 11.5 Å². The Morgan fingerprint density at radius 1 is 0.515 bits per heavy atom. The third-order valence-corrected chi connectivity index (χ3v) is 4.90. The van der Waals surface area contributed by atoms with Gasteiger partial charge in [-0.15, -0.1) is 0 Å². The molecule has 0 radical (unpaired) electrons. The van der Waals surface area contributed by atoms with Crippen LogP contribution in [-0.2, 0) is 0 Å². The molecule has 0 N–H and O–H groups in total. The second-order valence-electron chi connectivity index (χ2n) is 6.95. The summed E-state index contributed by atoms with van der Waals surface area (Å²) in [6.45, 7) is 0.166. The molecule has 0 saturated heterocycles. The van der Waals surface area contributed by atoms with Crippen molar-refractivity contribution in [2.75, 3.05) is 35.2 Å². The minimum absolute atomic E-state index is 0.166. The average Bonchev–Trinajstić information content (AvgIpc) is 3.32. The van der Waals surface area contributed by atoms with E-state index in [-0.39, 0.29) is 6.79 Å². The van der Waals surface area contributed by atoms with Gasteiger partial charge in [-0.05, 0) is 24.3 Å². The van der Waals surface area contributed by atoms with Crippen LogP contribution in [0.2, 0.25) is 0 Å². The molecule has 0 saturated carbocycles. The van der Waals surface area contributed by atoms with E-state index in [9.17, 15) is 0 Å². The molecule has 0 aliphatic carbocycles. The Labute approximate surface area is 193 Å². The molecule has 0 fully saturated rings. The summed E-state index contributed by atoms with van der Waals surface area (Å²) in [4.78, 5) is 0. The molecule has 6 heteroatoms. The SMILES string of the molecule is COc1cc(C#Cc2cc3c(cc2C#Cc2cc(OC)cc(OC)c2)OCO3)cc(OC)c1. The number of hydrogen-bond donors (Lipinski definition) is 0. The predicted molar refractivity (Wildman–Crippen MR) is 124 cm³/mol. The van der Waals surface area contributed by atoms with E-state index in [2.05, 4.69) is 23.7 Å². The molecule has 6 nitrogen and oxygen atoms in total. The molecule has 1 aliphatic heterocycles.